The number of aromatic carboxylic acids is 1. The van der Waals surface area contributed by atoms with Crippen molar-refractivity contribution in [2.75, 3.05) is 0 Å². The Balaban J connectivity index is 3.37. The third-order valence-corrected chi connectivity index (χ3v) is 3.24. The number of hydrogen-bond acceptors (Lipinski definition) is 3. The summed E-state index contributed by atoms with van der Waals surface area (Å²) >= 11 is 0. The van der Waals surface area contributed by atoms with Gasteiger partial charge in [0.15, 0.2) is 0 Å². The quantitative estimate of drug-likeness (QED) is 0.847. The molecule has 0 saturated carbocycles. The van der Waals surface area contributed by atoms with Crippen molar-refractivity contribution in [1.29, 1.82) is 0 Å². The van der Waals surface area contributed by atoms with Crippen molar-refractivity contribution in [2.24, 2.45) is 11.1 Å². The van der Waals surface area contributed by atoms with Crippen LogP contribution in [-0.4, -0.2) is 19.5 Å². The van der Waals surface area contributed by atoms with E-state index in [0.29, 0.717) is 12.0 Å². The molecule has 0 unspecified atom stereocenters. The molecular formula is C11H15NO4S. The Hall–Kier alpha value is -1.40. The van der Waals surface area contributed by atoms with Crippen LogP contribution in [-0.2, 0) is 16.4 Å². The van der Waals surface area contributed by atoms with Crippen molar-refractivity contribution < 1.29 is 18.3 Å². The van der Waals surface area contributed by atoms with Crippen LogP contribution >= 0.6 is 0 Å². The van der Waals surface area contributed by atoms with Crippen LogP contribution in [0.15, 0.2) is 23.1 Å². The highest BCUT2D eigenvalue weighted by atomic mass is 32.2. The third kappa shape index (κ3) is 3.54. The minimum Gasteiger partial charge on any atom is -0.478 e. The molecule has 1 aromatic carbocycles. The summed E-state index contributed by atoms with van der Waals surface area (Å²) in [5.41, 5.74) is 0.467. The fraction of sp³-hybridized carbons (Fsp3) is 0.364. The normalized spacial score (nSPS) is 11.8. The lowest BCUT2D eigenvalue weighted by molar-refractivity contribution is 0.0696. The SMILES string of the molecule is CC(C)Cc1ccc(C(=O)O)cc1S(N)(=O)=O. The second kappa shape index (κ2) is 4.85. The highest BCUT2D eigenvalue weighted by molar-refractivity contribution is 7.89. The van der Waals surface area contributed by atoms with Crippen LogP contribution in [0.3, 0.4) is 0 Å². The van der Waals surface area contributed by atoms with E-state index in [0.717, 1.165) is 6.07 Å². The second-order valence-corrected chi connectivity index (χ2v) is 5.80. The molecule has 3 N–H and O–H groups in total. The molecule has 0 fully saturated rings. The van der Waals surface area contributed by atoms with E-state index in [9.17, 15) is 13.2 Å². The van der Waals surface area contributed by atoms with Gasteiger partial charge in [-0.1, -0.05) is 19.9 Å². The van der Waals surface area contributed by atoms with E-state index in [1.165, 1.54) is 12.1 Å². The first-order valence-electron chi connectivity index (χ1n) is 5.11. The van der Waals surface area contributed by atoms with Gasteiger partial charge in [0.05, 0.1) is 10.5 Å². The van der Waals surface area contributed by atoms with Gasteiger partial charge in [0.2, 0.25) is 10.0 Å². The maximum atomic E-state index is 11.4. The summed E-state index contributed by atoms with van der Waals surface area (Å²) in [6, 6.07) is 3.99. The average Bonchev–Trinajstić information content (AvgIpc) is 2.15. The molecule has 0 aliphatic heterocycles. The maximum absolute atomic E-state index is 11.4. The van der Waals surface area contributed by atoms with E-state index >= 15 is 0 Å². The molecule has 1 aromatic rings. The number of hydrogen-bond donors (Lipinski definition) is 2. The molecule has 0 atom stereocenters. The van der Waals surface area contributed by atoms with Crippen LogP contribution < -0.4 is 5.14 Å². The van der Waals surface area contributed by atoms with E-state index < -0.39 is 16.0 Å². The van der Waals surface area contributed by atoms with Gasteiger partial charge in [-0.3, -0.25) is 0 Å². The molecule has 0 bridgehead atoms. The van der Waals surface area contributed by atoms with Crippen molar-refractivity contribution in [3.05, 3.63) is 29.3 Å². The highest BCUT2D eigenvalue weighted by Gasteiger charge is 2.17. The molecule has 5 nitrogen and oxygen atoms in total. The molecule has 0 heterocycles. The maximum Gasteiger partial charge on any atom is 0.335 e. The van der Waals surface area contributed by atoms with Crippen molar-refractivity contribution in [2.45, 2.75) is 25.2 Å². The van der Waals surface area contributed by atoms with Gasteiger partial charge in [-0.15, -0.1) is 0 Å². The minimum absolute atomic E-state index is 0.0819. The summed E-state index contributed by atoms with van der Waals surface area (Å²) in [6.07, 6.45) is 0.533. The summed E-state index contributed by atoms with van der Waals surface area (Å²) in [5, 5.41) is 13.9. The van der Waals surface area contributed by atoms with Gasteiger partial charge in [0, 0.05) is 0 Å². The van der Waals surface area contributed by atoms with Crippen LogP contribution in [0.5, 0.6) is 0 Å². The number of carbonyl (C=O) groups is 1. The molecule has 1 rings (SSSR count). The first kappa shape index (κ1) is 13.7. The van der Waals surface area contributed by atoms with Crippen molar-refractivity contribution >= 4 is 16.0 Å². The van der Waals surface area contributed by atoms with Crippen molar-refractivity contribution in [3.63, 3.8) is 0 Å². The molecule has 17 heavy (non-hydrogen) atoms. The lowest BCUT2D eigenvalue weighted by Gasteiger charge is -2.10. The predicted molar refractivity (Wildman–Crippen MR) is 63.3 cm³/mol. The van der Waals surface area contributed by atoms with Crippen molar-refractivity contribution in [1.82, 2.24) is 0 Å². The van der Waals surface area contributed by atoms with Gasteiger partial charge in [0.1, 0.15) is 0 Å². The van der Waals surface area contributed by atoms with E-state index in [2.05, 4.69) is 0 Å². The lowest BCUT2D eigenvalue weighted by atomic mass is 10.0. The van der Waals surface area contributed by atoms with E-state index in [1.807, 2.05) is 13.8 Å². The van der Waals surface area contributed by atoms with Crippen LogP contribution in [0.1, 0.15) is 29.8 Å². The molecule has 0 aromatic heterocycles. The van der Waals surface area contributed by atoms with Gasteiger partial charge >= 0.3 is 5.97 Å². The predicted octanol–water partition coefficient (Wildman–Crippen LogP) is 1.23. The fourth-order valence-electron chi connectivity index (χ4n) is 1.56. The average molecular weight is 257 g/mol. The molecule has 6 heteroatoms. The van der Waals surface area contributed by atoms with Gasteiger partial charge in [-0.2, -0.15) is 0 Å². The standard InChI is InChI=1S/C11H15NO4S/c1-7(2)5-8-3-4-9(11(13)14)6-10(8)17(12,15)16/h3-4,6-7H,5H2,1-2H3,(H,13,14)(H2,12,15,16). The van der Waals surface area contributed by atoms with Gasteiger partial charge < -0.3 is 5.11 Å². The number of sulfonamides is 1. The number of carboxylic acids is 1. The van der Waals surface area contributed by atoms with E-state index in [-0.39, 0.29) is 16.4 Å². The zero-order valence-electron chi connectivity index (χ0n) is 9.67. The molecule has 0 aliphatic carbocycles. The number of nitrogens with two attached hydrogens (primary N) is 1. The van der Waals surface area contributed by atoms with Crippen LogP contribution in [0.4, 0.5) is 0 Å². The van der Waals surface area contributed by atoms with Gasteiger partial charge in [-0.05, 0) is 30.0 Å². The first-order valence-corrected chi connectivity index (χ1v) is 6.65. The Labute approximate surface area is 100 Å². The summed E-state index contributed by atoms with van der Waals surface area (Å²) in [4.78, 5) is 10.7. The molecule has 0 saturated heterocycles. The second-order valence-electron chi connectivity index (χ2n) is 4.27. The minimum atomic E-state index is -3.90. The Morgan fingerprint density at radius 1 is 1.41 bits per heavy atom. The Kier molecular flexibility index (Phi) is 3.90. The van der Waals surface area contributed by atoms with E-state index in [4.69, 9.17) is 10.2 Å². The fourth-order valence-corrected chi connectivity index (χ4v) is 2.37. The number of benzene rings is 1. The zero-order valence-corrected chi connectivity index (χ0v) is 10.5. The Morgan fingerprint density at radius 2 is 2.00 bits per heavy atom. The summed E-state index contributed by atoms with van der Waals surface area (Å²) in [5.74, 6) is -0.919. The Bertz CT molecular complexity index is 534. The summed E-state index contributed by atoms with van der Waals surface area (Å²) in [7, 11) is -3.90. The largest absolute Gasteiger partial charge is 0.478 e. The molecule has 0 spiro atoms. The number of primary sulfonamides is 1. The van der Waals surface area contributed by atoms with Crippen LogP contribution in [0.2, 0.25) is 0 Å². The number of rotatable bonds is 4. The third-order valence-electron chi connectivity index (χ3n) is 2.25. The van der Waals surface area contributed by atoms with Crippen LogP contribution in [0.25, 0.3) is 0 Å². The first-order chi connectivity index (χ1) is 7.71. The lowest BCUT2D eigenvalue weighted by Crippen LogP contribution is -2.16. The summed E-state index contributed by atoms with van der Waals surface area (Å²) < 4.78 is 22.8. The number of carboxylic acid groups (broad SMARTS) is 1. The smallest absolute Gasteiger partial charge is 0.335 e. The molecular weight excluding hydrogens is 242 g/mol. The van der Waals surface area contributed by atoms with Crippen LogP contribution in [0, 0.1) is 5.92 Å². The van der Waals surface area contributed by atoms with Crippen molar-refractivity contribution in [3.8, 4) is 0 Å². The molecule has 0 amide bonds. The zero-order chi connectivity index (χ0) is 13.2. The summed E-state index contributed by atoms with van der Waals surface area (Å²) in [6.45, 7) is 3.88. The highest BCUT2D eigenvalue weighted by Crippen LogP contribution is 2.20. The van der Waals surface area contributed by atoms with Gasteiger partial charge in [0.25, 0.3) is 0 Å². The van der Waals surface area contributed by atoms with Gasteiger partial charge in [-0.25, -0.2) is 18.4 Å². The molecule has 94 valence electrons. The molecule has 0 radical (unpaired) electrons. The topological polar surface area (TPSA) is 97.5 Å². The molecule has 0 aliphatic rings. The monoisotopic (exact) mass is 257 g/mol. The van der Waals surface area contributed by atoms with E-state index in [1.54, 1.807) is 0 Å². The Morgan fingerprint density at radius 3 is 2.41 bits per heavy atom.